The van der Waals surface area contributed by atoms with E-state index in [2.05, 4.69) is 34.7 Å². The molecule has 2 rings (SSSR count). The quantitative estimate of drug-likeness (QED) is 0.864. The summed E-state index contributed by atoms with van der Waals surface area (Å²) in [5.41, 5.74) is 0. The summed E-state index contributed by atoms with van der Waals surface area (Å²) in [5.74, 6) is 0. The summed E-state index contributed by atoms with van der Waals surface area (Å²) >= 11 is 3.54. The van der Waals surface area contributed by atoms with Crippen LogP contribution < -0.4 is 5.32 Å². The zero-order valence-electron chi connectivity index (χ0n) is 7.99. The minimum absolute atomic E-state index is 0.871. The Balaban J connectivity index is 1.78. The van der Waals surface area contributed by atoms with E-state index in [-0.39, 0.29) is 0 Å². The van der Waals surface area contributed by atoms with E-state index < -0.39 is 0 Å². The second-order valence-electron chi connectivity index (χ2n) is 3.05. The highest BCUT2D eigenvalue weighted by atomic mass is 32.1. The van der Waals surface area contributed by atoms with Gasteiger partial charge in [0.25, 0.3) is 0 Å². The number of nitrogens with one attached hydrogen (secondary N) is 1. The first-order valence-corrected chi connectivity index (χ1v) is 6.18. The van der Waals surface area contributed by atoms with Gasteiger partial charge in [-0.05, 0) is 18.4 Å². The lowest BCUT2D eigenvalue weighted by atomic mass is 10.4. The SMILES string of the molecule is Cc1cnc(CNCc2cccs2)s1. The molecule has 0 fully saturated rings. The third-order valence-electron chi connectivity index (χ3n) is 1.82. The molecule has 2 heterocycles. The molecule has 4 heteroatoms. The number of thiazole rings is 1. The first-order valence-electron chi connectivity index (χ1n) is 4.49. The highest BCUT2D eigenvalue weighted by molar-refractivity contribution is 7.11. The van der Waals surface area contributed by atoms with Crippen molar-refractivity contribution in [2.45, 2.75) is 20.0 Å². The van der Waals surface area contributed by atoms with Gasteiger partial charge in [-0.3, -0.25) is 0 Å². The number of rotatable bonds is 4. The standard InChI is InChI=1S/C10H12N2S2/c1-8-5-12-10(14-8)7-11-6-9-3-2-4-13-9/h2-5,11H,6-7H2,1H3. The van der Waals surface area contributed by atoms with E-state index in [0.29, 0.717) is 0 Å². The molecule has 2 aromatic heterocycles. The van der Waals surface area contributed by atoms with Gasteiger partial charge in [0.15, 0.2) is 0 Å². The number of aromatic nitrogens is 1. The lowest BCUT2D eigenvalue weighted by molar-refractivity contribution is 0.697. The third-order valence-corrected chi connectivity index (χ3v) is 3.61. The summed E-state index contributed by atoms with van der Waals surface area (Å²) in [7, 11) is 0. The van der Waals surface area contributed by atoms with Crippen molar-refractivity contribution in [1.29, 1.82) is 0 Å². The van der Waals surface area contributed by atoms with Gasteiger partial charge in [-0.15, -0.1) is 22.7 Å². The van der Waals surface area contributed by atoms with Crippen LogP contribution in [0.4, 0.5) is 0 Å². The molecule has 0 saturated carbocycles. The Hall–Kier alpha value is -0.710. The molecular formula is C10H12N2S2. The first-order chi connectivity index (χ1) is 6.84. The molecule has 0 saturated heterocycles. The van der Waals surface area contributed by atoms with Crippen molar-refractivity contribution in [1.82, 2.24) is 10.3 Å². The van der Waals surface area contributed by atoms with Gasteiger partial charge in [0, 0.05) is 29.0 Å². The minimum Gasteiger partial charge on any atom is -0.306 e. The van der Waals surface area contributed by atoms with Gasteiger partial charge >= 0.3 is 0 Å². The van der Waals surface area contributed by atoms with Crippen LogP contribution in [0.15, 0.2) is 23.7 Å². The smallest absolute Gasteiger partial charge is 0.107 e. The Bertz CT molecular complexity index is 378. The molecule has 0 spiro atoms. The van der Waals surface area contributed by atoms with Crippen molar-refractivity contribution in [2.24, 2.45) is 0 Å². The number of hydrogen-bond donors (Lipinski definition) is 1. The molecule has 0 atom stereocenters. The Labute approximate surface area is 91.6 Å². The molecule has 0 bridgehead atoms. The summed E-state index contributed by atoms with van der Waals surface area (Å²) < 4.78 is 0. The maximum absolute atomic E-state index is 4.29. The maximum Gasteiger partial charge on any atom is 0.107 e. The van der Waals surface area contributed by atoms with Crippen LogP contribution in [-0.4, -0.2) is 4.98 Å². The van der Waals surface area contributed by atoms with Crippen molar-refractivity contribution >= 4 is 22.7 Å². The molecule has 74 valence electrons. The van der Waals surface area contributed by atoms with Gasteiger partial charge in [-0.2, -0.15) is 0 Å². The normalized spacial score (nSPS) is 10.6. The molecule has 2 aromatic rings. The molecule has 0 amide bonds. The van der Waals surface area contributed by atoms with Gasteiger partial charge in [0.2, 0.25) is 0 Å². The molecular weight excluding hydrogens is 212 g/mol. The highest BCUT2D eigenvalue weighted by Crippen LogP contribution is 2.11. The summed E-state index contributed by atoms with van der Waals surface area (Å²) in [6.45, 7) is 3.90. The molecule has 1 N–H and O–H groups in total. The first kappa shape index (κ1) is 9.83. The fraction of sp³-hybridized carbons (Fsp3) is 0.300. The van der Waals surface area contributed by atoms with Crippen molar-refractivity contribution in [3.8, 4) is 0 Å². The van der Waals surface area contributed by atoms with Crippen LogP contribution in [0.1, 0.15) is 14.8 Å². The highest BCUT2D eigenvalue weighted by Gasteiger charge is 1.98. The summed E-state index contributed by atoms with van der Waals surface area (Å²) in [5, 5.41) is 6.64. The van der Waals surface area contributed by atoms with Crippen molar-refractivity contribution < 1.29 is 0 Å². The monoisotopic (exact) mass is 224 g/mol. The van der Waals surface area contributed by atoms with Crippen LogP contribution in [0, 0.1) is 6.92 Å². The molecule has 0 aliphatic rings. The van der Waals surface area contributed by atoms with Crippen LogP contribution in [-0.2, 0) is 13.1 Å². The van der Waals surface area contributed by atoms with Crippen molar-refractivity contribution in [2.75, 3.05) is 0 Å². The molecule has 0 aliphatic carbocycles. The maximum atomic E-state index is 4.29. The average molecular weight is 224 g/mol. The topological polar surface area (TPSA) is 24.9 Å². The van der Waals surface area contributed by atoms with Crippen LogP contribution in [0.2, 0.25) is 0 Å². The minimum atomic E-state index is 0.871. The van der Waals surface area contributed by atoms with E-state index in [9.17, 15) is 0 Å². The van der Waals surface area contributed by atoms with E-state index in [4.69, 9.17) is 0 Å². The molecule has 0 radical (unpaired) electrons. The van der Waals surface area contributed by atoms with Crippen LogP contribution in [0.3, 0.4) is 0 Å². The van der Waals surface area contributed by atoms with Gasteiger partial charge in [0.1, 0.15) is 5.01 Å². The third kappa shape index (κ3) is 2.64. The number of nitrogens with zero attached hydrogens (tertiary/aromatic N) is 1. The van der Waals surface area contributed by atoms with Gasteiger partial charge < -0.3 is 5.32 Å². The van der Waals surface area contributed by atoms with Crippen molar-refractivity contribution in [3.63, 3.8) is 0 Å². The number of thiophene rings is 1. The average Bonchev–Trinajstić information content (AvgIpc) is 2.77. The fourth-order valence-electron chi connectivity index (χ4n) is 1.19. The predicted octanol–water partition coefficient (Wildman–Crippen LogP) is 2.80. The van der Waals surface area contributed by atoms with Gasteiger partial charge in [-0.1, -0.05) is 6.07 Å². The van der Waals surface area contributed by atoms with E-state index in [1.54, 1.807) is 22.7 Å². The zero-order valence-corrected chi connectivity index (χ0v) is 9.62. The van der Waals surface area contributed by atoms with Crippen LogP contribution >= 0.6 is 22.7 Å². The zero-order chi connectivity index (χ0) is 9.80. The molecule has 0 aromatic carbocycles. The van der Waals surface area contributed by atoms with Gasteiger partial charge in [-0.25, -0.2) is 4.98 Å². The molecule has 0 unspecified atom stereocenters. The van der Waals surface area contributed by atoms with E-state index in [1.165, 1.54) is 14.8 Å². The van der Waals surface area contributed by atoms with Gasteiger partial charge in [0.05, 0.1) is 0 Å². The molecule has 2 nitrogen and oxygen atoms in total. The second-order valence-corrected chi connectivity index (χ2v) is 5.40. The predicted molar refractivity (Wildman–Crippen MR) is 61.7 cm³/mol. The van der Waals surface area contributed by atoms with E-state index in [1.807, 2.05) is 6.20 Å². The lowest BCUT2D eigenvalue weighted by Crippen LogP contribution is -2.11. The van der Waals surface area contributed by atoms with Crippen LogP contribution in [0.25, 0.3) is 0 Å². The fourth-order valence-corrected chi connectivity index (χ4v) is 2.62. The summed E-state index contributed by atoms with van der Waals surface area (Å²) in [6.07, 6.45) is 1.92. The second kappa shape index (κ2) is 4.68. The molecule has 14 heavy (non-hydrogen) atoms. The summed E-state index contributed by atoms with van der Waals surface area (Å²) in [4.78, 5) is 6.94. The number of hydrogen-bond acceptors (Lipinski definition) is 4. The Morgan fingerprint density at radius 3 is 3.00 bits per heavy atom. The Kier molecular flexibility index (Phi) is 3.29. The number of aryl methyl sites for hydroxylation is 1. The molecule has 0 aliphatic heterocycles. The lowest BCUT2D eigenvalue weighted by Gasteiger charge is -1.98. The van der Waals surface area contributed by atoms with E-state index in [0.717, 1.165) is 13.1 Å². The van der Waals surface area contributed by atoms with E-state index >= 15 is 0 Å². The Morgan fingerprint density at radius 1 is 1.43 bits per heavy atom. The van der Waals surface area contributed by atoms with Crippen LogP contribution in [0.5, 0.6) is 0 Å². The van der Waals surface area contributed by atoms with Crippen molar-refractivity contribution in [3.05, 3.63) is 38.5 Å². The largest absolute Gasteiger partial charge is 0.306 e. The Morgan fingerprint density at radius 2 is 2.36 bits per heavy atom. The summed E-state index contributed by atoms with van der Waals surface area (Å²) in [6, 6.07) is 4.22.